The Hall–Kier alpha value is -2.01. The third-order valence-corrected chi connectivity index (χ3v) is 2.46. The molecule has 0 aliphatic carbocycles. The highest BCUT2D eigenvalue weighted by Gasteiger charge is 1.97. The molecule has 1 N–H and O–H groups in total. The lowest BCUT2D eigenvalue weighted by Crippen LogP contribution is -1.99. The van der Waals surface area contributed by atoms with Gasteiger partial charge in [0.05, 0.1) is 0 Å². The van der Waals surface area contributed by atoms with Crippen LogP contribution in [0.4, 0.5) is 0 Å². The summed E-state index contributed by atoms with van der Waals surface area (Å²) in [6.07, 6.45) is 3.91. The molecule has 0 unspecified atom stereocenters. The number of H-pyrrole nitrogens is 1. The largest absolute Gasteiger partial charge is 0.321 e. The van der Waals surface area contributed by atoms with Crippen molar-refractivity contribution in [3.05, 3.63) is 58.5 Å². The average Bonchev–Trinajstić information content (AvgIpc) is 2.32. The Labute approximate surface area is 95.0 Å². The van der Waals surface area contributed by atoms with E-state index in [1.165, 1.54) is 5.56 Å². The van der Waals surface area contributed by atoms with Crippen molar-refractivity contribution in [2.45, 2.75) is 19.8 Å². The Morgan fingerprint density at radius 3 is 2.50 bits per heavy atom. The van der Waals surface area contributed by atoms with Gasteiger partial charge in [-0.2, -0.15) is 0 Å². The first kappa shape index (κ1) is 10.5. The zero-order valence-electron chi connectivity index (χ0n) is 9.21. The number of aromatic nitrogens is 1. The number of hydrogen-bond acceptors (Lipinski definition) is 1. The first-order valence-corrected chi connectivity index (χ1v) is 5.41. The van der Waals surface area contributed by atoms with Gasteiger partial charge in [0.15, 0.2) is 0 Å². The predicted molar refractivity (Wildman–Crippen MR) is 64.2 cm³/mol. The van der Waals surface area contributed by atoms with Gasteiger partial charge in [0.25, 0.3) is 5.56 Å². The number of benzene rings is 1. The van der Waals surface area contributed by atoms with E-state index in [0.29, 0.717) is 0 Å². The molecule has 0 amide bonds. The second-order valence-electron chi connectivity index (χ2n) is 3.73. The number of hydrogen-bond donors (Lipinski definition) is 1. The Kier molecular flexibility index (Phi) is 3.07. The van der Waals surface area contributed by atoms with Crippen LogP contribution in [0.25, 0.3) is 11.1 Å². The van der Waals surface area contributed by atoms with Gasteiger partial charge in [-0.3, -0.25) is 4.79 Å². The van der Waals surface area contributed by atoms with Crippen LogP contribution in [0.1, 0.15) is 18.9 Å². The van der Waals surface area contributed by atoms with Crippen molar-refractivity contribution in [3.63, 3.8) is 0 Å². The molecule has 80 valence electrons. The minimum Gasteiger partial charge on any atom is -0.321 e. The van der Waals surface area contributed by atoms with Crippen LogP contribution in [-0.2, 0) is 6.42 Å². The van der Waals surface area contributed by atoms with Crippen molar-refractivity contribution < 1.29 is 0 Å². The Balaban J connectivity index is 2.27. The van der Waals surface area contributed by atoms with Gasteiger partial charge in [-0.15, -0.1) is 0 Å². The summed E-state index contributed by atoms with van der Waals surface area (Å²) in [5.74, 6) is 0. The Morgan fingerprint density at radius 2 is 1.94 bits per heavy atom. The van der Waals surface area contributed by atoms with Crippen LogP contribution < -0.4 is 5.56 Å². The van der Waals surface area contributed by atoms with Crippen LogP contribution in [0.5, 0.6) is 0 Å². The van der Waals surface area contributed by atoms with Gasteiger partial charge < -0.3 is 4.98 Å². The maximum Gasteiger partial charge on any atom is 0.300 e. The Bertz CT molecular complexity index is 491. The van der Waals surface area contributed by atoms with Crippen LogP contribution in [0.3, 0.4) is 0 Å². The smallest absolute Gasteiger partial charge is 0.300 e. The summed E-state index contributed by atoms with van der Waals surface area (Å²) in [5, 5.41) is 0. The molecule has 0 spiro atoms. The SMILES string of the molecule is CCCc1ccc(-c2c#cc(=O)[nH]c2)cc1. The first-order valence-electron chi connectivity index (χ1n) is 5.41. The van der Waals surface area contributed by atoms with Crippen molar-refractivity contribution in [2.24, 2.45) is 0 Å². The van der Waals surface area contributed by atoms with E-state index in [4.69, 9.17) is 0 Å². The number of aryl methyl sites for hydroxylation is 1. The molecular formula is C14H13NO. The molecule has 0 aliphatic rings. The fourth-order valence-corrected chi connectivity index (χ4v) is 1.63. The van der Waals surface area contributed by atoms with Crippen molar-refractivity contribution in [1.29, 1.82) is 0 Å². The summed E-state index contributed by atoms with van der Waals surface area (Å²) in [4.78, 5) is 13.4. The van der Waals surface area contributed by atoms with Crippen LogP contribution in [0.2, 0.25) is 0 Å². The minimum atomic E-state index is -0.244. The average molecular weight is 211 g/mol. The van der Waals surface area contributed by atoms with Crippen molar-refractivity contribution in [3.8, 4) is 11.1 Å². The van der Waals surface area contributed by atoms with E-state index in [0.717, 1.165) is 24.0 Å². The summed E-state index contributed by atoms with van der Waals surface area (Å²) >= 11 is 0. The molecule has 1 aromatic carbocycles. The van der Waals surface area contributed by atoms with E-state index < -0.39 is 0 Å². The van der Waals surface area contributed by atoms with Crippen LogP contribution in [0, 0.1) is 12.1 Å². The molecule has 0 atom stereocenters. The summed E-state index contributed by atoms with van der Waals surface area (Å²) in [6, 6.07) is 13.6. The maximum atomic E-state index is 10.8. The van der Waals surface area contributed by atoms with E-state index in [1.54, 1.807) is 6.20 Å². The van der Waals surface area contributed by atoms with E-state index in [2.05, 4.69) is 36.2 Å². The lowest BCUT2D eigenvalue weighted by molar-refractivity contribution is 0.922. The van der Waals surface area contributed by atoms with Gasteiger partial charge in [0, 0.05) is 17.8 Å². The Morgan fingerprint density at radius 1 is 1.19 bits per heavy atom. The van der Waals surface area contributed by atoms with Gasteiger partial charge in [0.2, 0.25) is 0 Å². The van der Waals surface area contributed by atoms with Crippen LogP contribution >= 0.6 is 0 Å². The fraction of sp³-hybridized carbons (Fsp3) is 0.214. The molecular weight excluding hydrogens is 198 g/mol. The number of aromatic amines is 1. The fourth-order valence-electron chi connectivity index (χ4n) is 1.63. The van der Waals surface area contributed by atoms with E-state index in [9.17, 15) is 4.79 Å². The predicted octanol–water partition coefficient (Wildman–Crippen LogP) is 2.59. The van der Waals surface area contributed by atoms with Gasteiger partial charge in [0.1, 0.15) is 0 Å². The molecule has 0 radical (unpaired) electrons. The molecule has 2 nitrogen and oxygen atoms in total. The van der Waals surface area contributed by atoms with Crippen LogP contribution in [0.15, 0.2) is 35.3 Å². The van der Waals surface area contributed by atoms with Crippen LogP contribution in [-0.4, -0.2) is 4.98 Å². The normalized spacial score (nSPS) is 9.81. The van der Waals surface area contributed by atoms with E-state index in [-0.39, 0.29) is 5.56 Å². The summed E-state index contributed by atoms with van der Waals surface area (Å²) in [6.45, 7) is 2.17. The summed E-state index contributed by atoms with van der Waals surface area (Å²) < 4.78 is 0. The van der Waals surface area contributed by atoms with Gasteiger partial charge in [-0.1, -0.05) is 43.7 Å². The lowest BCUT2D eigenvalue weighted by atomic mass is 10.0. The van der Waals surface area contributed by atoms with Crippen molar-refractivity contribution >= 4 is 0 Å². The minimum absolute atomic E-state index is 0.244. The zero-order chi connectivity index (χ0) is 11.4. The molecule has 1 heterocycles. The van der Waals surface area contributed by atoms with Gasteiger partial charge >= 0.3 is 0 Å². The second kappa shape index (κ2) is 4.67. The number of nitrogens with one attached hydrogen (secondary N) is 1. The maximum absolute atomic E-state index is 10.8. The molecule has 16 heavy (non-hydrogen) atoms. The molecule has 0 saturated carbocycles. The molecule has 0 aliphatic heterocycles. The number of rotatable bonds is 3. The summed E-state index contributed by atoms with van der Waals surface area (Å²) in [7, 11) is 0. The quantitative estimate of drug-likeness (QED) is 0.831. The highest BCUT2D eigenvalue weighted by Crippen LogP contribution is 2.16. The highest BCUT2D eigenvalue weighted by molar-refractivity contribution is 5.60. The molecule has 0 saturated heterocycles. The highest BCUT2D eigenvalue weighted by atomic mass is 16.1. The topological polar surface area (TPSA) is 32.9 Å². The second-order valence-corrected chi connectivity index (χ2v) is 3.73. The molecule has 0 fully saturated rings. The van der Waals surface area contributed by atoms with E-state index in [1.807, 2.05) is 12.1 Å². The molecule has 1 aromatic heterocycles. The van der Waals surface area contributed by atoms with Crippen molar-refractivity contribution in [2.75, 3.05) is 0 Å². The third kappa shape index (κ3) is 2.32. The van der Waals surface area contributed by atoms with E-state index >= 15 is 0 Å². The van der Waals surface area contributed by atoms with Gasteiger partial charge in [-0.05, 0) is 17.5 Å². The van der Waals surface area contributed by atoms with Gasteiger partial charge in [-0.25, -0.2) is 0 Å². The zero-order valence-corrected chi connectivity index (χ0v) is 9.21. The standard InChI is InChI=1S/C14H13NO/c1-2-3-11-4-6-12(7-5-11)13-8-9-14(16)15-10-13/h4-7,10H,2-3H2,1H3,(H,15,16). The lowest BCUT2D eigenvalue weighted by Gasteiger charge is -2.01. The molecule has 2 rings (SSSR count). The third-order valence-electron chi connectivity index (χ3n) is 2.46. The first-order chi connectivity index (χ1) is 7.79. The molecule has 2 heteroatoms. The molecule has 0 bridgehead atoms. The monoisotopic (exact) mass is 211 g/mol. The molecule has 2 aromatic rings. The summed E-state index contributed by atoms with van der Waals surface area (Å²) in [5.41, 5.74) is 3.00. The van der Waals surface area contributed by atoms with Crippen molar-refractivity contribution in [1.82, 2.24) is 4.98 Å².